The normalized spacial score (nSPS) is 9.95. The molecular formula is C15H25ClN2O2. The molecule has 0 atom stereocenters. The molecule has 1 aromatic rings. The quantitative estimate of drug-likeness (QED) is 0.717. The van der Waals surface area contributed by atoms with Gasteiger partial charge in [-0.1, -0.05) is 29.3 Å². The number of carbonyl (C=O) groups is 1. The molecule has 0 fully saturated rings. The molecule has 5 heteroatoms. The topological polar surface area (TPSA) is 50.4 Å². The highest BCUT2D eigenvalue weighted by Gasteiger charge is 2.01. The Bertz CT molecular complexity index is 391. The fraction of sp³-hybridized carbons (Fsp3) is 0.533. The molecule has 2 N–H and O–H groups in total. The number of nitrogens with one attached hydrogen (secondary N) is 2. The zero-order valence-electron chi connectivity index (χ0n) is 12.5. The van der Waals surface area contributed by atoms with Gasteiger partial charge in [-0.05, 0) is 25.8 Å². The largest absolute Gasteiger partial charge is 0.383 e. The molecule has 4 nitrogen and oxygen atoms in total. The van der Waals surface area contributed by atoms with E-state index in [1.807, 2.05) is 0 Å². The summed E-state index contributed by atoms with van der Waals surface area (Å²) in [5.41, 5.74) is 3.80. The van der Waals surface area contributed by atoms with Crippen LogP contribution in [0.3, 0.4) is 0 Å². The van der Waals surface area contributed by atoms with E-state index in [2.05, 4.69) is 42.7 Å². The summed E-state index contributed by atoms with van der Waals surface area (Å²) in [5, 5.41) is 5.92. The minimum atomic E-state index is 0. The molecule has 0 aliphatic carbocycles. The van der Waals surface area contributed by atoms with Gasteiger partial charge in [-0.15, -0.1) is 12.4 Å². The Morgan fingerprint density at radius 2 is 1.80 bits per heavy atom. The van der Waals surface area contributed by atoms with Gasteiger partial charge in [-0.25, -0.2) is 0 Å². The number of halogens is 1. The minimum absolute atomic E-state index is 0. The minimum Gasteiger partial charge on any atom is -0.383 e. The number of hydrogen-bond acceptors (Lipinski definition) is 3. The molecule has 0 aromatic heterocycles. The molecule has 0 saturated heterocycles. The van der Waals surface area contributed by atoms with Crippen molar-refractivity contribution in [1.82, 2.24) is 10.6 Å². The van der Waals surface area contributed by atoms with Gasteiger partial charge in [0, 0.05) is 20.2 Å². The van der Waals surface area contributed by atoms with Gasteiger partial charge in [0.1, 0.15) is 0 Å². The molecule has 114 valence electrons. The second kappa shape index (κ2) is 10.7. The van der Waals surface area contributed by atoms with Crippen molar-refractivity contribution in [1.29, 1.82) is 0 Å². The van der Waals surface area contributed by atoms with E-state index in [1.165, 1.54) is 16.7 Å². The van der Waals surface area contributed by atoms with Crippen molar-refractivity contribution in [3.8, 4) is 0 Å². The van der Waals surface area contributed by atoms with Crippen LogP contribution < -0.4 is 10.6 Å². The molecule has 20 heavy (non-hydrogen) atoms. The van der Waals surface area contributed by atoms with Crippen LogP contribution in [0.25, 0.3) is 0 Å². The first-order chi connectivity index (χ1) is 9.11. The van der Waals surface area contributed by atoms with Crippen LogP contribution in [0.4, 0.5) is 0 Å². The Morgan fingerprint density at radius 1 is 1.15 bits per heavy atom. The van der Waals surface area contributed by atoms with Crippen molar-refractivity contribution in [2.75, 3.05) is 33.4 Å². The van der Waals surface area contributed by atoms with Crippen molar-refractivity contribution in [2.45, 2.75) is 20.3 Å². The maximum Gasteiger partial charge on any atom is 0.233 e. The van der Waals surface area contributed by atoms with Crippen LogP contribution in [0.2, 0.25) is 0 Å². The molecule has 1 aromatic carbocycles. The van der Waals surface area contributed by atoms with E-state index < -0.39 is 0 Å². The lowest BCUT2D eigenvalue weighted by molar-refractivity contribution is -0.120. The summed E-state index contributed by atoms with van der Waals surface area (Å²) >= 11 is 0. The third-order valence-electron chi connectivity index (χ3n) is 2.79. The predicted molar refractivity (Wildman–Crippen MR) is 84.6 cm³/mol. The van der Waals surface area contributed by atoms with Crippen molar-refractivity contribution in [2.24, 2.45) is 0 Å². The first kappa shape index (κ1) is 18.9. The Labute approximate surface area is 127 Å². The van der Waals surface area contributed by atoms with Gasteiger partial charge in [0.2, 0.25) is 5.91 Å². The maximum atomic E-state index is 11.5. The van der Waals surface area contributed by atoms with Crippen LogP contribution in [0.15, 0.2) is 18.2 Å². The van der Waals surface area contributed by atoms with Crippen LogP contribution in [0.1, 0.15) is 16.7 Å². The van der Waals surface area contributed by atoms with Crippen LogP contribution in [0.5, 0.6) is 0 Å². The number of hydrogen-bond donors (Lipinski definition) is 2. The molecule has 0 aliphatic heterocycles. The first-order valence-corrected chi connectivity index (χ1v) is 6.65. The van der Waals surface area contributed by atoms with Crippen LogP contribution in [0, 0.1) is 13.8 Å². The van der Waals surface area contributed by atoms with Crippen LogP contribution >= 0.6 is 12.4 Å². The van der Waals surface area contributed by atoms with E-state index in [-0.39, 0.29) is 18.3 Å². The average molecular weight is 301 g/mol. The molecule has 0 heterocycles. The summed E-state index contributed by atoms with van der Waals surface area (Å²) in [6.45, 7) is 6.52. The number of amides is 1. The van der Waals surface area contributed by atoms with Gasteiger partial charge in [-0.2, -0.15) is 0 Å². The zero-order chi connectivity index (χ0) is 14.1. The van der Waals surface area contributed by atoms with Gasteiger partial charge >= 0.3 is 0 Å². The molecule has 0 spiro atoms. The number of ether oxygens (including phenoxy) is 1. The standard InChI is InChI=1S/C15H24N2O2.ClH/c1-12-8-13(2)10-14(9-12)4-5-17-15(18)11-16-6-7-19-3;/h8-10,16H,4-7,11H2,1-3H3,(H,17,18);1H. The summed E-state index contributed by atoms with van der Waals surface area (Å²) in [7, 11) is 1.64. The van der Waals surface area contributed by atoms with Crippen LogP contribution in [-0.2, 0) is 16.0 Å². The van der Waals surface area contributed by atoms with Crippen molar-refractivity contribution < 1.29 is 9.53 Å². The third kappa shape index (κ3) is 8.15. The second-order valence-corrected chi connectivity index (χ2v) is 4.77. The summed E-state index contributed by atoms with van der Waals surface area (Å²) < 4.78 is 4.89. The Hall–Kier alpha value is -1.10. The third-order valence-corrected chi connectivity index (χ3v) is 2.79. The number of methoxy groups -OCH3 is 1. The van der Waals surface area contributed by atoms with Gasteiger partial charge in [0.15, 0.2) is 0 Å². The SMILES string of the molecule is COCCNCC(=O)NCCc1cc(C)cc(C)c1.Cl. The van der Waals surface area contributed by atoms with E-state index >= 15 is 0 Å². The molecular weight excluding hydrogens is 276 g/mol. The van der Waals surface area contributed by atoms with Crippen molar-refractivity contribution in [3.63, 3.8) is 0 Å². The molecule has 1 rings (SSSR count). The second-order valence-electron chi connectivity index (χ2n) is 4.77. The lowest BCUT2D eigenvalue weighted by atomic mass is 10.1. The van der Waals surface area contributed by atoms with E-state index in [4.69, 9.17) is 4.74 Å². The van der Waals surface area contributed by atoms with Gasteiger partial charge in [0.05, 0.1) is 13.2 Å². The smallest absolute Gasteiger partial charge is 0.233 e. The number of aryl methyl sites for hydroxylation is 2. The fourth-order valence-corrected chi connectivity index (χ4v) is 2.00. The van der Waals surface area contributed by atoms with Crippen molar-refractivity contribution >= 4 is 18.3 Å². The Kier molecular flexibility index (Phi) is 10.1. The van der Waals surface area contributed by atoms with E-state index in [9.17, 15) is 4.79 Å². The Morgan fingerprint density at radius 3 is 2.40 bits per heavy atom. The van der Waals surface area contributed by atoms with E-state index in [0.29, 0.717) is 26.2 Å². The molecule has 0 unspecified atom stereocenters. The maximum absolute atomic E-state index is 11.5. The summed E-state index contributed by atoms with van der Waals surface area (Å²) in [4.78, 5) is 11.5. The van der Waals surface area contributed by atoms with Gasteiger partial charge in [-0.3, -0.25) is 4.79 Å². The van der Waals surface area contributed by atoms with Gasteiger partial charge < -0.3 is 15.4 Å². The molecule has 0 bridgehead atoms. The average Bonchev–Trinajstić information content (AvgIpc) is 2.33. The lowest BCUT2D eigenvalue weighted by Gasteiger charge is -2.08. The first-order valence-electron chi connectivity index (χ1n) is 6.65. The summed E-state index contributed by atoms with van der Waals surface area (Å²) in [6.07, 6.45) is 0.867. The summed E-state index contributed by atoms with van der Waals surface area (Å²) in [6, 6.07) is 6.48. The molecule has 1 amide bonds. The number of carbonyl (C=O) groups excluding carboxylic acids is 1. The number of benzene rings is 1. The highest BCUT2D eigenvalue weighted by atomic mass is 35.5. The van der Waals surface area contributed by atoms with E-state index in [0.717, 1.165) is 6.42 Å². The summed E-state index contributed by atoms with van der Waals surface area (Å²) in [5.74, 6) is 0.0282. The fourth-order valence-electron chi connectivity index (χ4n) is 2.00. The molecule has 0 radical (unpaired) electrons. The van der Waals surface area contributed by atoms with Crippen LogP contribution in [-0.4, -0.2) is 39.3 Å². The predicted octanol–water partition coefficient (Wildman–Crippen LogP) is 1.62. The lowest BCUT2D eigenvalue weighted by Crippen LogP contribution is -2.36. The Balaban J connectivity index is 0.00000361. The van der Waals surface area contributed by atoms with Crippen molar-refractivity contribution in [3.05, 3.63) is 34.9 Å². The van der Waals surface area contributed by atoms with Gasteiger partial charge in [0.25, 0.3) is 0 Å². The highest BCUT2D eigenvalue weighted by Crippen LogP contribution is 2.08. The molecule has 0 aliphatic rings. The monoisotopic (exact) mass is 300 g/mol. The zero-order valence-corrected chi connectivity index (χ0v) is 13.3. The highest BCUT2D eigenvalue weighted by molar-refractivity contribution is 5.85. The number of rotatable bonds is 8. The van der Waals surface area contributed by atoms with E-state index in [1.54, 1.807) is 7.11 Å². The molecule has 0 saturated carbocycles.